The maximum atomic E-state index is 14.8. The number of amides is 1. The third kappa shape index (κ3) is 4.42. The van der Waals surface area contributed by atoms with Gasteiger partial charge in [-0.15, -0.1) is 0 Å². The molecule has 8 nitrogen and oxygen atoms in total. The first kappa shape index (κ1) is 23.8. The van der Waals surface area contributed by atoms with Crippen LogP contribution in [0.25, 0.3) is 0 Å². The number of hydrogen-bond donors (Lipinski definition) is 1. The summed E-state index contributed by atoms with van der Waals surface area (Å²) in [5.41, 5.74) is 0.211. The molecule has 6 rings (SSSR count). The Bertz CT molecular complexity index is 1170. The zero-order valence-electron chi connectivity index (χ0n) is 20.2. The van der Waals surface area contributed by atoms with Crippen LogP contribution in [0.5, 0.6) is 5.75 Å². The third-order valence-electron chi connectivity index (χ3n) is 7.71. The molecule has 2 aromatic carbocycles. The molecule has 0 spiro atoms. The highest BCUT2D eigenvalue weighted by Crippen LogP contribution is 2.40. The summed E-state index contributed by atoms with van der Waals surface area (Å²) in [6, 6.07) is 4.25. The fraction of sp³-hybridized carbons (Fsp3) is 0.577. The molecule has 1 amide bonds. The highest BCUT2D eigenvalue weighted by molar-refractivity contribution is 5.79. The maximum Gasteiger partial charge on any atom is 0.260 e. The van der Waals surface area contributed by atoms with E-state index in [4.69, 9.17) is 9.47 Å². The Morgan fingerprint density at radius 3 is 2.57 bits per heavy atom. The van der Waals surface area contributed by atoms with E-state index in [2.05, 4.69) is 5.32 Å². The van der Waals surface area contributed by atoms with Crippen LogP contribution in [-0.2, 0) is 9.53 Å². The van der Waals surface area contributed by atoms with E-state index in [1.165, 1.54) is 6.07 Å². The summed E-state index contributed by atoms with van der Waals surface area (Å²) in [6.45, 7) is 0.676. The van der Waals surface area contributed by atoms with E-state index < -0.39 is 10.9 Å². The number of hydrogen-bond acceptors (Lipinski definition) is 7. The summed E-state index contributed by atoms with van der Waals surface area (Å²) in [6.07, 6.45) is 4.71. The molecule has 35 heavy (non-hydrogen) atoms. The van der Waals surface area contributed by atoms with Crippen molar-refractivity contribution in [2.45, 2.75) is 62.6 Å². The molecule has 0 unspecified atom stereocenters. The first-order valence-electron chi connectivity index (χ1n) is 12.4. The van der Waals surface area contributed by atoms with Crippen LogP contribution in [0, 0.1) is 5.82 Å². The second-order valence-electron chi connectivity index (χ2n) is 10.1. The number of ether oxygens (including phenoxy) is 2. The van der Waals surface area contributed by atoms with Crippen LogP contribution in [0.1, 0.15) is 50.0 Å². The minimum Gasteiger partial charge on any atom is -0.483 e. The van der Waals surface area contributed by atoms with Crippen molar-refractivity contribution in [3.63, 3.8) is 0 Å². The lowest BCUT2D eigenvalue weighted by molar-refractivity contribution is -0.140. The van der Waals surface area contributed by atoms with E-state index in [0.29, 0.717) is 35.8 Å². The van der Waals surface area contributed by atoms with Gasteiger partial charge in [-0.1, -0.05) is 6.07 Å². The van der Waals surface area contributed by atoms with Crippen molar-refractivity contribution in [3.05, 3.63) is 50.0 Å². The van der Waals surface area contributed by atoms with E-state index in [-0.39, 0.29) is 42.4 Å². The van der Waals surface area contributed by atoms with Gasteiger partial charge in [0.25, 0.3) is 16.8 Å². The molecular weight excluding hydrogens is 453 g/mol. The fourth-order valence-corrected chi connectivity index (χ4v) is 5.88. The molecule has 2 bridgehead atoms. The lowest BCUT2D eigenvalue weighted by Crippen LogP contribution is -2.58. The van der Waals surface area contributed by atoms with Gasteiger partial charge < -0.3 is 24.6 Å². The van der Waals surface area contributed by atoms with Gasteiger partial charge in [-0.3, -0.25) is 14.4 Å². The third-order valence-corrected chi connectivity index (χ3v) is 7.71. The highest BCUT2D eigenvalue weighted by atomic mass is 19.1. The molecule has 4 aliphatic rings. The summed E-state index contributed by atoms with van der Waals surface area (Å²) in [5.74, 6) is -0.0225. The Morgan fingerprint density at radius 1 is 1.06 bits per heavy atom. The Balaban J connectivity index is 1.43. The average molecular weight is 486 g/mol. The molecular formula is C26H32FN3O5. The Labute approximate surface area is 203 Å². The average Bonchev–Trinajstić information content (AvgIpc) is 2.87. The van der Waals surface area contributed by atoms with E-state index in [0.717, 1.165) is 38.5 Å². The van der Waals surface area contributed by atoms with Gasteiger partial charge in [0.05, 0.1) is 18.8 Å². The summed E-state index contributed by atoms with van der Waals surface area (Å²) >= 11 is 0. The van der Waals surface area contributed by atoms with Gasteiger partial charge in [0, 0.05) is 32.2 Å². The van der Waals surface area contributed by atoms with Crippen LogP contribution >= 0.6 is 0 Å². The number of nitrogens with one attached hydrogen (secondary N) is 1. The minimum atomic E-state index is -0.525. The Morgan fingerprint density at radius 2 is 1.83 bits per heavy atom. The number of carbonyl (C=O) groups is 1. The van der Waals surface area contributed by atoms with Crippen molar-refractivity contribution in [1.82, 2.24) is 4.90 Å². The number of nitrogens with zero attached hydrogens (tertiary/aromatic N) is 2. The first-order chi connectivity index (χ1) is 16.8. The topological polar surface area (TPSA) is 88.2 Å². The largest absolute Gasteiger partial charge is 0.483 e. The molecule has 9 heteroatoms. The smallest absolute Gasteiger partial charge is 0.260 e. The SMILES string of the molecule is CN(C)c1c(N[C@H]2CCCN3C(=O)COc4cccc(F)c4C4CCC(CC4)OC[C@@H]23)c(=O)c1=O. The number of fused-ring (bicyclic) bond motifs is 5. The second kappa shape index (κ2) is 9.60. The molecule has 2 aromatic rings. The number of rotatable bonds is 3. The van der Waals surface area contributed by atoms with E-state index in [1.54, 1.807) is 36.0 Å². The van der Waals surface area contributed by atoms with Crippen LogP contribution in [-0.4, -0.2) is 62.8 Å². The summed E-state index contributed by atoms with van der Waals surface area (Å²) < 4.78 is 27.0. The number of anilines is 2. The number of halogens is 1. The summed E-state index contributed by atoms with van der Waals surface area (Å²) in [5, 5.41) is 3.28. The van der Waals surface area contributed by atoms with Gasteiger partial charge in [-0.25, -0.2) is 4.39 Å². The second-order valence-corrected chi connectivity index (χ2v) is 10.1. The summed E-state index contributed by atoms with van der Waals surface area (Å²) in [4.78, 5) is 41.1. The van der Waals surface area contributed by atoms with Gasteiger partial charge in [-0.2, -0.15) is 0 Å². The normalized spacial score (nSPS) is 27.2. The maximum absolute atomic E-state index is 14.8. The van der Waals surface area contributed by atoms with Crippen LogP contribution < -0.4 is 25.8 Å². The molecule has 1 saturated heterocycles. The van der Waals surface area contributed by atoms with Crippen molar-refractivity contribution in [2.24, 2.45) is 0 Å². The monoisotopic (exact) mass is 485 g/mol. The highest BCUT2D eigenvalue weighted by Gasteiger charge is 2.38. The van der Waals surface area contributed by atoms with Crippen molar-refractivity contribution >= 4 is 17.3 Å². The van der Waals surface area contributed by atoms with E-state index in [1.807, 2.05) is 0 Å². The van der Waals surface area contributed by atoms with Crippen molar-refractivity contribution in [2.75, 3.05) is 44.1 Å². The van der Waals surface area contributed by atoms with Crippen LogP contribution in [0.3, 0.4) is 0 Å². The molecule has 1 aliphatic carbocycles. The molecule has 2 fully saturated rings. The zero-order valence-corrected chi connectivity index (χ0v) is 20.2. The summed E-state index contributed by atoms with van der Waals surface area (Å²) in [7, 11) is 3.46. The fourth-order valence-electron chi connectivity index (χ4n) is 5.88. The van der Waals surface area contributed by atoms with Gasteiger partial charge in [0.15, 0.2) is 6.61 Å². The van der Waals surface area contributed by atoms with Crippen molar-refractivity contribution in [1.29, 1.82) is 0 Å². The minimum absolute atomic E-state index is 0.0335. The molecule has 0 aromatic heterocycles. The number of piperidine rings is 1. The van der Waals surface area contributed by atoms with Gasteiger partial charge in [-0.05, 0) is 56.6 Å². The molecule has 0 radical (unpaired) electrons. The molecule has 3 aliphatic heterocycles. The van der Waals surface area contributed by atoms with E-state index >= 15 is 0 Å². The molecule has 188 valence electrons. The van der Waals surface area contributed by atoms with Crippen LogP contribution in [0.2, 0.25) is 0 Å². The van der Waals surface area contributed by atoms with Crippen LogP contribution in [0.4, 0.5) is 15.8 Å². The van der Waals surface area contributed by atoms with Gasteiger partial charge in [0.1, 0.15) is 22.9 Å². The Kier molecular flexibility index (Phi) is 6.53. The molecule has 1 N–H and O–H groups in total. The molecule has 2 atom stereocenters. The van der Waals surface area contributed by atoms with Crippen molar-refractivity contribution in [3.8, 4) is 5.75 Å². The molecule has 3 heterocycles. The van der Waals surface area contributed by atoms with Crippen molar-refractivity contribution < 1.29 is 18.7 Å². The first-order valence-corrected chi connectivity index (χ1v) is 12.4. The quantitative estimate of drug-likeness (QED) is 0.668. The zero-order chi connectivity index (χ0) is 24.7. The van der Waals surface area contributed by atoms with Gasteiger partial charge >= 0.3 is 0 Å². The molecule has 1 saturated carbocycles. The van der Waals surface area contributed by atoms with E-state index in [9.17, 15) is 18.8 Å². The van der Waals surface area contributed by atoms with Gasteiger partial charge in [0.2, 0.25) is 0 Å². The number of benzene rings is 1. The lowest BCUT2D eigenvalue weighted by Gasteiger charge is -2.42. The van der Waals surface area contributed by atoms with Crippen LogP contribution in [0.15, 0.2) is 27.8 Å². The standard InChI is InChI=1S/C26H32FN3O5/c1-29(2)24-23(25(32)26(24)33)28-18-6-4-12-30-19(18)13-34-16-10-8-15(9-11-16)22-17(27)5-3-7-20(22)35-14-21(30)31/h3,5,7,15-16,18-19,28H,4,6,8-14H2,1-2H3/t15?,16?,18-,19-/m0/s1. The predicted octanol–water partition coefficient (Wildman–Crippen LogP) is 2.39. The lowest BCUT2D eigenvalue weighted by atomic mass is 9.82. The number of carbonyl (C=O) groups excluding carboxylic acids is 1. The Hall–Kier alpha value is -2.94. The predicted molar refractivity (Wildman–Crippen MR) is 131 cm³/mol.